The Hall–Kier alpha value is -1.16. The van der Waals surface area contributed by atoms with Crippen LogP contribution in [0.2, 0.25) is 18.1 Å². The van der Waals surface area contributed by atoms with Gasteiger partial charge in [-0.25, -0.2) is 0 Å². The molecule has 176 valence electrons. The topological polar surface area (TPSA) is 47.9 Å². The third kappa shape index (κ3) is 4.58. The highest BCUT2D eigenvalue weighted by Crippen LogP contribution is 2.57. The van der Waals surface area contributed by atoms with Crippen molar-refractivity contribution in [1.82, 2.24) is 0 Å². The molecule has 0 amide bonds. The second-order valence-electron chi connectivity index (χ2n) is 11.7. The highest BCUT2D eigenvalue weighted by Gasteiger charge is 2.62. The SMILES string of the molecule is CC(C)(C)[Si](C)(C)O[C@@](C)(C#C[C@@H]1[C@H]2CC3(OCCO3)[C@H]2CC[C@H]1O)Cc1ccccc1. The number of hydrogen-bond acceptors (Lipinski definition) is 4. The maximum Gasteiger partial charge on any atom is 0.194 e. The van der Waals surface area contributed by atoms with Gasteiger partial charge < -0.3 is 19.0 Å². The predicted molar refractivity (Wildman–Crippen MR) is 130 cm³/mol. The Morgan fingerprint density at radius 3 is 2.38 bits per heavy atom. The molecular formula is C27H40O4Si. The van der Waals surface area contributed by atoms with E-state index in [4.69, 9.17) is 13.9 Å². The molecule has 5 atom stereocenters. The minimum absolute atomic E-state index is 0.0507. The van der Waals surface area contributed by atoms with Crippen LogP contribution in [0.1, 0.15) is 52.5 Å². The van der Waals surface area contributed by atoms with E-state index >= 15 is 0 Å². The molecule has 1 N–H and O–H groups in total. The van der Waals surface area contributed by atoms with Gasteiger partial charge in [-0.1, -0.05) is 62.9 Å². The lowest BCUT2D eigenvalue weighted by Gasteiger charge is -2.56. The number of ether oxygens (including phenoxy) is 2. The van der Waals surface area contributed by atoms with Gasteiger partial charge in [0, 0.05) is 24.7 Å². The van der Waals surface area contributed by atoms with Gasteiger partial charge in [-0.2, -0.15) is 0 Å². The van der Waals surface area contributed by atoms with E-state index in [1.165, 1.54) is 5.56 Å². The van der Waals surface area contributed by atoms with Gasteiger partial charge in [0.15, 0.2) is 14.1 Å². The summed E-state index contributed by atoms with van der Waals surface area (Å²) in [6.07, 6.45) is 2.89. The Balaban J connectivity index is 1.59. The summed E-state index contributed by atoms with van der Waals surface area (Å²) >= 11 is 0. The van der Waals surface area contributed by atoms with E-state index in [-0.39, 0.29) is 11.0 Å². The Morgan fingerprint density at radius 1 is 1.09 bits per heavy atom. The standard InChI is InChI=1S/C27H40O4Si/c1-25(2,3)32(5,6)31-26(4,18-20-10-8-7-9-11-20)15-14-21-22-19-27(29-16-17-30-27)23(22)12-13-24(21)28/h7-11,21-24,28H,12-13,16-19H2,1-6H3/t21-,22-,23+,24-,26+/m1/s1. The van der Waals surface area contributed by atoms with Gasteiger partial charge in [-0.3, -0.25) is 0 Å². The summed E-state index contributed by atoms with van der Waals surface area (Å²) in [5.74, 6) is 7.30. The number of aliphatic hydroxyl groups is 1. The first-order valence-electron chi connectivity index (χ1n) is 12.2. The zero-order chi connectivity index (χ0) is 23.2. The van der Waals surface area contributed by atoms with Gasteiger partial charge in [-0.15, -0.1) is 0 Å². The van der Waals surface area contributed by atoms with Gasteiger partial charge in [-0.05, 0) is 49.4 Å². The van der Waals surface area contributed by atoms with Gasteiger partial charge in [0.2, 0.25) is 0 Å². The molecule has 3 aliphatic rings. The van der Waals surface area contributed by atoms with E-state index in [9.17, 15) is 5.11 Å². The van der Waals surface area contributed by atoms with Crippen molar-refractivity contribution in [3.63, 3.8) is 0 Å². The lowest BCUT2D eigenvalue weighted by atomic mass is 9.56. The van der Waals surface area contributed by atoms with Crippen molar-refractivity contribution >= 4 is 8.32 Å². The Labute approximate surface area is 195 Å². The van der Waals surface area contributed by atoms with Gasteiger partial charge in [0.05, 0.1) is 19.3 Å². The van der Waals surface area contributed by atoms with Crippen LogP contribution in [0.5, 0.6) is 0 Å². The second kappa shape index (κ2) is 8.56. The molecule has 2 aliphatic carbocycles. The van der Waals surface area contributed by atoms with E-state index in [1.54, 1.807) is 0 Å². The minimum atomic E-state index is -2.05. The van der Waals surface area contributed by atoms with Crippen molar-refractivity contribution in [1.29, 1.82) is 0 Å². The fourth-order valence-electron chi connectivity index (χ4n) is 5.46. The molecule has 32 heavy (non-hydrogen) atoms. The second-order valence-corrected chi connectivity index (χ2v) is 16.4. The van der Waals surface area contributed by atoms with Crippen LogP contribution in [0, 0.1) is 29.6 Å². The number of rotatable bonds is 4. The van der Waals surface area contributed by atoms with Gasteiger partial charge in [0.25, 0.3) is 0 Å². The first-order chi connectivity index (χ1) is 14.9. The monoisotopic (exact) mass is 456 g/mol. The van der Waals surface area contributed by atoms with Crippen molar-refractivity contribution in [3.8, 4) is 11.8 Å². The van der Waals surface area contributed by atoms with Crippen LogP contribution in [0.4, 0.5) is 0 Å². The maximum absolute atomic E-state index is 10.9. The van der Waals surface area contributed by atoms with Crippen LogP contribution < -0.4 is 0 Å². The molecule has 4 nitrogen and oxygen atoms in total. The highest BCUT2D eigenvalue weighted by atomic mass is 28.4. The lowest BCUT2D eigenvalue weighted by Crippen LogP contribution is -2.60. The van der Waals surface area contributed by atoms with Crippen LogP contribution in [-0.4, -0.2) is 44.1 Å². The van der Waals surface area contributed by atoms with Crippen molar-refractivity contribution in [2.75, 3.05) is 13.2 Å². The summed E-state index contributed by atoms with van der Waals surface area (Å²) in [6.45, 7) is 14.9. The minimum Gasteiger partial charge on any atom is -0.401 e. The van der Waals surface area contributed by atoms with E-state index in [0.717, 1.165) is 25.7 Å². The van der Waals surface area contributed by atoms with Crippen LogP contribution in [0.15, 0.2) is 30.3 Å². The summed E-state index contributed by atoms with van der Waals surface area (Å²) in [6, 6.07) is 10.5. The smallest absolute Gasteiger partial charge is 0.194 e. The van der Waals surface area contributed by atoms with Gasteiger partial charge in [0.1, 0.15) is 5.60 Å². The third-order valence-electron chi connectivity index (χ3n) is 8.20. The van der Waals surface area contributed by atoms with Crippen molar-refractivity contribution in [2.24, 2.45) is 17.8 Å². The maximum atomic E-state index is 10.9. The van der Waals surface area contributed by atoms with E-state index in [1.807, 2.05) is 6.07 Å². The molecule has 0 aromatic heterocycles. The van der Waals surface area contributed by atoms with Crippen LogP contribution in [0.25, 0.3) is 0 Å². The van der Waals surface area contributed by atoms with Crippen LogP contribution in [-0.2, 0) is 20.3 Å². The fraction of sp³-hybridized carbons (Fsp3) is 0.704. The molecule has 4 rings (SSSR count). The van der Waals surface area contributed by atoms with Gasteiger partial charge >= 0.3 is 0 Å². The zero-order valence-corrected chi connectivity index (χ0v) is 21.6. The van der Waals surface area contributed by atoms with Crippen molar-refractivity contribution in [3.05, 3.63) is 35.9 Å². The molecule has 1 aromatic rings. The molecule has 0 radical (unpaired) electrons. The lowest BCUT2D eigenvalue weighted by molar-refractivity contribution is -0.296. The average Bonchev–Trinajstić information content (AvgIpc) is 3.18. The highest BCUT2D eigenvalue weighted by molar-refractivity contribution is 6.74. The molecule has 0 unspecified atom stereocenters. The summed E-state index contributed by atoms with van der Waals surface area (Å²) in [4.78, 5) is 0. The molecule has 5 heteroatoms. The first-order valence-corrected chi connectivity index (χ1v) is 15.1. The molecule has 1 aromatic carbocycles. The van der Waals surface area contributed by atoms with E-state index in [2.05, 4.69) is 76.9 Å². The average molecular weight is 457 g/mol. The quantitative estimate of drug-likeness (QED) is 0.502. The number of fused-ring (bicyclic) bond motifs is 2. The number of aliphatic hydroxyl groups excluding tert-OH is 1. The summed E-state index contributed by atoms with van der Waals surface area (Å²) < 4.78 is 18.9. The molecule has 1 aliphatic heterocycles. The first kappa shape index (κ1) is 24.0. The molecule has 2 saturated carbocycles. The molecule has 0 bridgehead atoms. The molecule has 1 saturated heterocycles. The summed E-state index contributed by atoms with van der Waals surface area (Å²) in [5.41, 5.74) is 0.624. The Kier molecular flexibility index (Phi) is 6.41. The zero-order valence-electron chi connectivity index (χ0n) is 20.6. The largest absolute Gasteiger partial charge is 0.401 e. The summed E-state index contributed by atoms with van der Waals surface area (Å²) in [7, 11) is -2.05. The van der Waals surface area contributed by atoms with Crippen LogP contribution in [0.3, 0.4) is 0 Å². The van der Waals surface area contributed by atoms with Crippen molar-refractivity contribution < 1.29 is 19.0 Å². The third-order valence-corrected chi connectivity index (χ3v) is 12.8. The van der Waals surface area contributed by atoms with E-state index in [0.29, 0.717) is 25.0 Å². The summed E-state index contributed by atoms with van der Waals surface area (Å²) in [5, 5.41) is 11.0. The number of hydrogen-bond donors (Lipinski definition) is 1. The Morgan fingerprint density at radius 2 is 1.75 bits per heavy atom. The molecule has 1 heterocycles. The van der Waals surface area contributed by atoms with E-state index < -0.39 is 25.8 Å². The molecular weight excluding hydrogens is 416 g/mol. The van der Waals surface area contributed by atoms with Crippen molar-refractivity contribution in [2.45, 2.75) is 89.0 Å². The fourth-order valence-corrected chi connectivity index (χ4v) is 7.02. The number of benzene rings is 1. The predicted octanol–water partition coefficient (Wildman–Crippen LogP) is 5.16. The Bertz CT molecular complexity index is 859. The molecule has 1 spiro atoms. The normalized spacial score (nSPS) is 31.2. The van der Waals surface area contributed by atoms with Crippen LogP contribution >= 0.6 is 0 Å². The molecule has 3 fully saturated rings.